The first-order valence-electron chi connectivity index (χ1n) is 8.42. The number of carbonyl (C=O) groups excluding carboxylic acids is 1. The highest BCUT2D eigenvalue weighted by Crippen LogP contribution is 2.24. The number of carbonyl (C=O) groups is 1. The van der Waals surface area contributed by atoms with Crippen molar-refractivity contribution >= 4 is 15.9 Å². The Balaban J connectivity index is 1.72. The number of rotatable bonds is 4. The molecule has 138 valence electrons. The van der Waals surface area contributed by atoms with Gasteiger partial charge in [0.2, 0.25) is 15.9 Å². The summed E-state index contributed by atoms with van der Waals surface area (Å²) < 4.78 is 36.1. The molecule has 0 aromatic heterocycles. The molecule has 1 heterocycles. The lowest BCUT2D eigenvalue weighted by atomic mass is 9.96. The minimum Gasteiger partial charge on any atom is -0.338 e. The molecule has 5 nitrogen and oxygen atoms in total. The van der Waals surface area contributed by atoms with Gasteiger partial charge in [-0.15, -0.1) is 0 Å². The van der Waals surface area contributed by atoms with Crippen molar-refractivity contribution in [1.29, 1.82) is 0 Å². The Morgan fingerprint density at radius 3 is 2.54 bits per heavy atom. The molecule has 26 heavy (non-hydrogen) atoms. The number of benzene rings is 2. The molecule has 0 radical (unpaired) electrons. The van der Waals surface area contributed by atoms with E-state index in [9.17, 15) is 17.6 Å². The van der Waals surface area contributed by atoms with Crippen molar-refractivity contribution < 1.29 is 17.6 Å². The molecule has 1 unspecified atom stereocenters. The molecule has 0 spiro atoms. The number of nitrogens with two attached hydrogens (primary N) is 1. The van der Waals surface area contributed by atoms with Crippen molar-refractivity contribution in [2.24, 2.45) is 11.1 Å². The van der Waals surface area contributed by atoms with E-state index < -0.39 is 10.0 Å². The Labute approximate surface area is 152 Å². The van der Waals surface area contributed by atoms with E-state index in [1.807, 2.05) is 6.92 Å². The lowest BCUT2D eigenvalue weighted by molar-refractivity contribution is -0.135. The van der Waals surface area contributed by atoms with E-state index >= 15 is 0 Å². The summed E-state index contributed by atoms with van der Waals surface area (Å²) in [7, 11) is -3.77. The normalized spacial score (nSPS) is 15.4. The van der Waals surface area contributed by atoms with Gasteiger partial charge in [0.1, 0.15) is 5.82 Å². The molecule has 1 aliphatic heterocycles. The first-order valence-corrected chi connectivity index (χ1v) is 9.96. The number of hydrogen-bond acceptors (Lipinski definition) is 3. The van der Waals surface area contributed by atoms with E-state index in [4.69, 9.17) is 5.14 Å². The van der Waals surface area contributed by atoms with Crippen molar-refractivity contribution in [1.82, 2.24) is 4.90 Å². The average molecular weight is 376 g/mol. The second-order valence-corrected chi connectivity index (χ2v) is 8.28. The topological polar surface area (TPSA) is 80.5 Å². The predicted molar refractivity (Wildman–Crippen MR) is 96.2 cm³/mol. The highest BCUT2D eigenvalue weighted by atomic mass is 32.2. The minimum absolute atomic E-state index is 0.000911. The van der Waals surface area contributed by atoms with Gasteiger partial charge >= 0.3 is 0 Å². The fraction of sp³-hybridized carbons (Fsp3) is 0.316. The van der Waals surface area contributed by atoms with Crippen LogP contribution in [0.25, 0.3) is 0 Å². The van der Waals surface area contributed by atoms with E-state index in [1.54, 1.807) is 29.2 Å². The second kappa shape index (κ2) is 7.17. The zero-order valence-electron chi connectivity index (χ0n) is 14.5. The summed E-state index contributed by atoms with van der Waals surface area (Å²) in [4.78, 5) is 14.6. The molecule has 3 rings (SSSR count). The number of hydrogen-bond donors (Lipinski definition) is 1. The SMILES string of the molecule is CC(Cc1ccc(F)cc1)C(=O)N1CCc2ccc(S(N)(=O)=O)cc2C1. The van der Waals surface area contributed by atoms with E-state index in [1.165, 1.54) is 18.2 Å². The molecule has 0 fully saturated rings. The van der Waals surface area contributed by atoms with Crippen LogP contribution >= 0.6 is 0 Å². The van der Waals surface area contributed by atoms with Crippen LogP contribution in [0.2, 0.25) is 0 Å². The van der Waals surface area contributed by atoms with E-state index in [-0.39, 0.29) is 22.5 Å². The monoisotopic (exact) mass is 376 g/mol. The van der Waals surface area contributed by atoms with Gasteiger partial charge in [-0.05, 0) is 53.8 Å². The molecule has 0 saturated heterocycles. The highest BCUT2D eigenvalue weighted by Gasteiger charge is 2.25. The zero-order chi connectivity index (χ0) is 18.9. The summed E-state index contributed by atoms with van der Waals surface area (Å²) in [6.45, 7) is 2.81. The van der Waals surface area contributed by atoms with Crippen LogP contribution in [0.3, 0.4) is 0 Å². The number of nitrogens with zero attached hydrogens (tertiary/aromatic N) is 1. The van der Waals surface area contributed by atoms with E-state index in [0.717, 1.165) is 16.7 Å². The van der Waals surface area contributed by atoms with Gasteiger partial charge in [-0.1, -0.05) is 25.1 Å². The van der Waals surface area contributed by atoms with Crippen molar-refractivity contribution in [3.05, 3.63) is 65.0 Å². The van der Waals surface area contributed by atoms with Crippen molar-refractivity contribution in [3.63, 3.8) is 0 Å². The highest BCUT2D eigenvalue weighted by molar-refractivity contribution is 7.89. The quantitative estimate of drug-likeness (QED) is 0.889. The smallest absolute Gasteiger partial charge is 0.238 e. The standard InChI is InChI=1S/C19H21FN2O3S/c1-13(10-14-2-5-17(20)6-3-14)19(23)22-9-8-15-4-7-18(26(21,24)25)11-16(15)12-22/h2-7,11,13H,8-10,12H2,1H3,(H2,21,24,25). The number of sulfonamides is 1. The Bertz CT molecular complexity index is 926. The van der Waals surface area contributed by atoms with Gasteiger partial charge in [-0.3, -0.25) is 4.79 Å². The zero-order valence-corrected chi connectivity index (χ0v) is 15.3. The Morgan fingerprint density at radius 2 is 1.88 bits per heavy atom. The van der Waals surface area contributed by atoms with Gasteiger partial charge in [-0.2, -0.15) is 0 Å². The van der Waals surface area contributed by atoms with Crippen LogP contribution in [0.15, 0.2) is 47.4 Å². The minimum atomic E-state index is -3.77. The first-order chi connectivity index (χ1) is 12.2. The van der Waals surface area contributed by atoms with E-state index in [0.29, 0.717) is 25.9 Å². The predicted octanol–water partition coefficient (Wildman–Crippen LogP) is 2.24. The summed E-state index contributed by atoms with van der Waals surface area (Å²) in [6.07, 6.45) is 1.20. The maximum absolute atomic E-state index is 13.0. The molecule has 0 saturated carbocycles. The molecule has 1 atom stereocenters. The maximum atomic E-state index is 13.0. The lowest BCUT2D eigenvalue weighted by Crippen LogP contribution is -2.39. The Morgan fingerprint density at radius 1 is 1.19 bits per heavy atom. The van der Waals surface area contributed by atoms with Crippen molar-refractivity contribution in [3.8, 4) is 0 Å². The van der Waals surface area contributed by atoms with Crippen LogP contribution in [-0.4, -0.2) is 25.8 Å². The van der Waals surface area contributed by atoms with Crippen LogP contribution in [0.4, 0.5) is 4.39 Å². The summed E-state index contributed by atoms with van der Waals surface area (Å²) in [5.74, 6) is -0.546. The second-order valence-electron chi connectivity index (χ2n) is 6.72. The largest absolute Gasteiger partial charge is 0.338 e. The molecule has 2 N–H and O–H groups in total. The van der Waals surface area contributed by atoms with E-state index in [2.05, 4.69) is 0 Å². The third kappa shape index (κ3) is 4.11. The van der Waals surface area contributed by atoms with Gasteiger partial charge in [0.25, 0.3) is 0 Å². The van der Waals surface area contributed by atoms with Gasteiger partial charge in [0.05, 0.1) is 4.90 Å². The number of halogens is 1. The Kier molecular flexibility index (Phi) is 5.11. The van der Waals surface area contributed by atoms with Gasteiger partial charge in [0, 0.05) is 19.0 Å². The summed E-state index contributed by atoms with van der Waals surface area (Å²) in [6, 6.07) is 11.0. The molecule has 0 aliphatic carbocycles. The van der Waals surface area contributed by atoms with Crippen molar-refractivity contribution in [2.75, 3.05) is 6.54 Å². The summed E-state index contributed by atoms with van der Waals surface area (Å²) in [5, 5.41) is 5.19. The molecular weight excluding hydrogens is 355 g/mol. The fourth-order valence-corrected chi connectivity index (χ4v) is 3.84. The number of fused-ring (bicyclic) bond motifs is 1. The first kappa shape index (κ1) is 18.5. The lowest BCUT2D eigenvalue weighted by Gasteiger charge is -2.31. The fourth-order valence-electron chi connectivity index (χ4n) is 3.27. The van der Waals surface area contributed by atoms with Gasteiger partial charge in [0.15, 0.2) is 0 Å². The van der Waals surface area contributed by atoms with Gasteiger partial charge < -0.3 is 4.90 Å². The summed E-state index contributed by atoms with van der Waals surface area (Å²) >= 11 is 0. The molecule has 1 amide bonds. The van der Waals surface area contributed by atoms with Crippen molar-refractivity contribution in [2.45, 2.75) is 31.2 Å². The molecule has 2 aromatic carbocycles. The van der Waals surface area contributed by atoms with Gasteiger partial charge in [-0.25, -0.2) is 17.9 Å². The average Bonchev–Trinajstić information content (AvgIpc) is 2.61. The molecule has 0 bridgehead atoms. The van der Waals surface area contributed by atoms with Crippen LogP contribution in [0.1, 0.15) is 23.6 Å². The Hall–Kier alpha value is -2.25. The summed E-state index contributed by atoms with van der Waals surface area (Å²) in [5.41, 5.74) is 2.75. The third-order valence-electron chi connectivity index (χ3n) is 4.71. The third-order valence-corrected chi connectivity index (χ3v) is 5.62. The van der Waals surface area contributed by atoms with Crippen LogP contribution in [0, 0.1) is 11.7 Å². The van der Waals surface area contributed by atoms with Crippen LogP contribution in [0.5, 0.6) is 0 Å². The number of amides is 1. The molecule has 7 heteroatoms. The van der Waals surface area contributed by atoms with Crippen LogP contribution in [-0.2, 0) is 34.2 Å². The molecular formula is C19H21FN2O3S. The maximum Gasteiger partial charge on any atom is 0.238 e. The van der Waals surface area contributed by atoms with Crippen LogP contribution < -0.4 is 5.14 Å². The molecule has 2 aromatic rings. The molecule has 1 aliphatic rings. The number of primary sulfonamides is 1.